The van der Waals surface area contributed by atoms with Gasteiger partial charge in [0, 0.05) is 37.9 Å². The summed E-state index contributed by atoms with van der Waals surface area (Å²) in [7, 11) is 1.31. The summed E-state index contributed by atoms with van der Waals surface area (Å²) in [5.41, 5.74) is 0.986. The molecule has 1 N–H and O–H groups in total. The Bertz CT molecular complexity index is 459. The zero-order valence-corrected chi connectivity index (χ0v) is 12.2. The minimum Gasteiger partial charge on any atom is -0.464 e. The molecule has 0 aromatic carbocycles. The monoisotopic (exact) mass is 279 g/mol. The molecule has 1 heterocycles. The van der Waals surface area contributed by atoms with Gasteiger partial charge in [0.25, 0.3) is 0 Å². The van der Waals surface area contributed by atoms with Gasteiger partial charge < -0.3 is 15.0 Å². The summed E-state index contributed by atoms with van der Waals surface area (Å²) in [5.74, 6) is -0.363. The number of nitrogens with zero attached hydrogens (tertiary/aromatic N) is 2. The maximum absolute atomic E-state index is 11.8. The molecule has 0 radical (unpaired) electrons. The van der Waals surface area contributed by atoms with Crippen LogP contribution in [0.1, 0.15) is 30.8 Å². The second-order valence-electron chi connectivity index (χ2n) is 4.16. The van der Waals surface area contributed by atoms with Gasteiger partial charge in [-0.3, -0.25) is 4.79 Å². The van der Waals surface area contributed by atoms with Crippen LogP contribution in [0.3, 0.4) is 0 Å². The fourth-order valence-electron chi connectivity index (χ4n) is 1.80. The highest BCUT2D eigenvalue weighted by Crippen LogP contribution is 2.09. The van der Waals surface area contributed by atoms with Gasteiger partial charge in [0.2, 0.25) is 5.91 Å². The largest absolute Gasteiger partial charge is 0.464 e. The summed E-state index contributed by atoms with van der Waals surface area (Å²) in [6.45, 7) is 5.87. The number of esters is 1. The Hall–Kier alpha value is -2.11. The number of carbonyl (C=O) groups excluding carboxylic acids is 2. The molecule has 0 spiro atoms. The zero-order chi connectivity index (χ0) is 15.0. The average molecular weight is 279 g/mol. The molecule has 1 rings (SSSR count). The molecular formula is C14H21N3O3. The van der Waals surface area contributed by atoms with E-state index in [0.29, 0.717) is 13.0 Å². The van der Waals surface area contributed by atoms with Gasteiger partial charge in [0.05, 0.1) is 7.11 Å². The van der Waals surface area contributed by atoms with Crippen LogP contribution in [0.25, 0.3) is 0 Å². The highest BCUT2D eigenvalue weighted by atomic mass is 16.5. The van der Waals surface area contributed by atoms with Crippen molar-refractivity contribution < 1.29 is 14.3 Å². The van der Waals surface area contributed by atoms with Crippen LogP contribution >= 0.6 is 0 Å². The molecule has 1 aromatic rings. The number of rotatable bonds is 7. The highest BCUT2D eigenvalue weighted by Gasteiger charge is 2.10. The fraction of sp³-hybridized carbons (Fsp3) is 0.500. The molecule has 0 unspecified atom stereocenters. The van der Waals surface area contributed by atoms with Crippen molar-refractivity contribution in [1.82, 2.24) is 9.88 Å². The molecule has 20 heavy (non-hydrogen) atoms. The van der Waals surface area contributed by atoms with Crippen LogP contribution in [-0.2, 0) is 9.53 Å². The Labute approximate surface area is 119 Å². The average Bonchev–Trinajstić information content (AvgIpc) is 2.48. The van der Waals surface area contributed by atoms with Crippen LogP contribution in [0.4, 0.5) is 5.69 Å². The number of methoxy groups -OCH3 is 1. The standard InChI is InChI=1S/C14H21N3O3/c1-4-17(5-2)13(18)7-9-15-11-6-8-16-12(10-11)14(19)20-3/h6,8,10H,4-5,7,9H2,1-3H3,(H,15,16). The number of hydrogen-bond donors (Lipinski definition) is 1. The molecule has 0 fully saturated rings. The van der Waals surface area contributed by atoms with Gasteiger partial charge >= 0.3 is 5.97 Å². The lowest BCUT2D eigenvalue weighted by molar-refractivity contribution is -0.130. The third kappa shape index (κ3) is 4.53. The first-order chi connectivity index (χ1) is 9.62. The maximum Gasteiger partial charge on any atom is 0.356 e. The molecule has 0 aliphatic rings. The lowest BCUT2D eigenvalue weighted by Gasteiger charge is -2.18. The van der Waals surface area contributed by atoms with E-state index in [1.54, 1.807) is 17.0 Å². The Morgan fingerprint density at radius 1 is 1.35 bits per heavy atom. The third-order valence-electron chi connectivity index (χ3n) is 2.94. The Morgan fingerprint density at radius 2 is 2.05 bits per heavy atom. The number of hydrogen-bond acceptors (Lipinski definition) is 5. The van der Waals surface area contributed by atoms with Crippen molar-refractivity contribution in [3.05, 3.63) is 24.0 Å². The quantitative estimate of drug-likeness (QED) is 0.767. The smallest absolute Gasteiger partial charge is 0.356 e. The molecular weight excluding hydrogens is 258 g/mol. The first kappa shape index (κ1) is 15.9. The molecule has 0 saturated heterocycles. The van der Waals surface area contributed by atoms with Crippen molar-refractivity contribution in [2.75, 3.05) is 32.1 Å². The number of carbonyl (C=O) groups is 2. The van der Waals surface area contributed by atoms with E-state index in [4.69, 9.17) is 0 Å². The summed E-state index contributed by atoms with van der Waals surface area (Å²) in [5, 5.41) is 3.10. The van der Waals surface area contributed by atoms with E-state index in [9.17, 15) is 9.59 Å². The van der Waals surface area contributed by atoms with E-state index < -0.39 is 5.97 Å². The van der Waals surface area contributed by atoms with Crippen molar-refractivity contribution in [3.8, 4) is 0 Å². The number of amides is 1. The Kier molecular flexibility index (Phi) is 6.49. The van der Waals surface area contributed by atoms with Gasteiger partial charge in [0.1, 0.15) is 5.69 Å². The van der Waals surface area contributed by atoms with Gasteiger partial charge in [-0.05, 0) is 26.0 Å². The normalized spacial score (nSPS) is 9.95. The van der Waals surface area contributed by atoms with Crippen LogP contribution in [-0.4, -0.2) is 48.5 Å². The minimum absolute atomic E-state index is 0.116. The van der Waals surface area contributed by atoms with Gasteiger partial charge in [-0.2, -0.15) is 0 Å². The summed E-state index contributed by atoms with van der Waals surface area (Å²) in [6.07, 6.45) is 1.94. The summed E-state index contributed by atoms with van der Waals surface area (Å²) >= 11 is 0. The molecule has 0 aliphatic carbocycles. The van der Waals surface area contributed by atoms with Gasteiger partial charge in [-0.25, -0.2) is 9.78 Å². The molecule has 0 aliphatic heterocycles. The second-order valence-corrected chi connectivity index (χ2v) is 4.16. The topological polar surface area (TPSA) is 71.5 Å². The molecule has 0 saturated carbocycles. The zero-order valence-electron chi connectivity index (χ0n) is 12.2. The molecule has 6 heteroatoms. The first-order valence-electron chi connectivity index (χ1n) is 6.68. The van der Waals surface area contributed by atoms with Crippen LogP contribution in [0.15, 0.2) is 18.3 Å². The Balaban J connectivity index is 2.50. The van der Waals surface area contributed by atoms with Crippen LogP contribution in [0.2, 0.25) is 0 Å². The lowest BCUT2D eigenvalue weighted by atomic mass is 10.3. The van der Waals surface area contributed by atoms with Crippen molar-refractivity contribution in [3.63, 3.8) is 0 Å². The predicted octanol–water partition coefficient (Wildman–Crippen LogP) is 1.54. The van der Waals surface area contributed by atoms with Gasteiger partial charge in [-0.1, -0.05) is 0 Å². The van der Waals surface area contributed by atoms with Crippen LogP contribution in [0, 0.1) is 0 Å². The molecule has 0 bridgehead atoms. The van der Waals surface area contributed by atoms with Crippen molar-refractivity contribution in [2.24, 2.45) is 0 Å². The summed E-state index contributed by atoms with van der Waals surface area (Å²) in [4.78, 5) is 28.9. The molecule has 1 aromatic heterocycles. The van der Waals surface area contributed by atoms with E-state index in [2.05, 4.69) is 15.0 Å². The molecule has 1 amide bonds. The third-order valence-corrected chi connectivity index (χ3v) is 2.94. The number of aromatic nitrogens is 1. The number of anilines is 1. The van der Waals surface area contributed by atoms with Gasteiger partial charge in [0.15, 0.2) is 0 Å². The minimum atomic E-state index is -0.479. The molecule has 6 nitrogen and oxygen atoms in total. The van der Waals surface area contributed by atoms with Gasteiger partial charge in [-0.15, -0.1) is 0 Å². The Morgan fingerprint density at radius 3 is 2.65 bits per heavy atom. The highest BCUT2D eigenvalue weighted by molar-refractivity contribution is 5.88. The summed E-state index contributed by atoms with van der Waals surface area (Å²) < 4.78 is 4.60. The van der Waals surface area contributed by atoms with Crippen LogP contribution < -0.4 is 5.32 Å². The summed E-state index contributed by atoms with van der Waals surface area (Å²) in [6, 6.07) is 3.35. The van der Waals surface area contributed by atoms with E-state index in [1.807, 2.05) is 13.8 Å². The van der Waals surface area contributed by atoms with E-state index in [1.165, 1.54) is 13.3 Å². The molecule has 0 atom stereocenters. The second kappa shape index (κ2) is 8.14. The number of nitrogens with one attached hydrogen (secondary N) is 1. The fourth-order valence-corrected chi connectivity index (χ4v) is 1.80. The lowest BCUT2D eigenvalue weighted by Crippen LogP contribution is -2.31. The van der Waals surface area contributed by atoms with E-state index >= 15 is 0 Å². The first-order valence-corrected chi connectivity index (χ1v) is 6.68. The molecule has 110 valence electrons. The predicted molar refractivity (Wildman–Crippen MR) is 76.6 cm³/mol. The van der Waals surface area contributed by atoms with Crippen molar-refractivity contribution in [2.45, 2.75) is 20.3 Å². The van der Waals surface area contributed by atoms with Crippen molar-refractivity contribution in [1.29, 1.82) is 0 Å². The van der Waals surface area contributed by atoms with Crippen molar-refractivity contribution >= 4 is 17.6 Å². The number of ether oxygens (including phenoxy) is 1. The number of pyridine rings is 1. The van der Waals surface area contributed by atoms with E-state index in [0.717, 1.165) is 18.8 Å². The maximum atomic E-state index is 11.8. The SMILES string of the molecule is CCN(CC)C(=O)CCNc1ccnc(C(=O)OC)c1. The van der Waals surface area contributed by atoms with Crippen LogP contribution in [0.5, 0.6) is 0 Å². The van der Waals surface area contributed by atoms with E-state index in [-0.39, 0.29) is 11.6 Å².